The molecule has 0 fully saturated rings. The number of thiazole rings is 1. The summed E-state index contributed by atoms with van der Waals surface area (Å²) in [5, 5.41) is 15.0. The third-order valence-electron chi connectivity index (χ3n) is 2.74. The van der Waals surface area contributed by atoms with E-state index in [1.165, 1.54) is 10.9 Å². The predicted molar refractivity (Wildman–Crippen MR) is 75.2 cm³/mol. The van der Waals surface area contributed by atoms with E-state index in [1.54, 1.807) is 23.5 Å². The summed E-state index contributed by atoms with van der Waals surface area (Å²) in [6, 6.07) is 6.80. The van der Waals surface area contributed by atoms with E-state index >= 15 is 0 Å². The van der Waals surface area contributed by atoms with Crippen molar-refractivity contribution in [3.8, 4) is 0 Å². The second-order valence-corrected chi connectivity index (χ2v) is 5.61. The van der Waals surface area contributed by atoms with E-state index in [-0.39, 0.29) is 16.7 Å². The Bertz CT molecular complexity index is 583. The summed E-state index contributed by atoms with van der Waals surface area (Å²) >= 11 is 1.66. The summed E-state index contributed by atoms with van der Waals surface area (Å²) in [7, 11) is 0. The van der Waals surface area contributed by atoms with Gasteiger partial charge in [-0.3, -0.25) is 10.1 Å². The number of non-ortho nitro benzene ring substituents is 1. The van der Waals surface area contributed by atoms with E-state index in [0.29, 0.717) is 6.54 Å². The van der Waals surface area contributed by atoms with E-state index in [1.807, 2.05) is 26.1 Å². The highest BCUT2D eigenvalue weighted by atomic mass is 32.1. The van der Waals surface area contributed by atoms with Crippen LogP contribution < -0.4 is 5.32 Å². The molecule has 0 radical (unpaired) electrons. The fourth-order valence-electron chi connectivity index (χ4n) is 1.71. The molecular weight excluding hydrogens is 262 g/mol. The molecule has 0 aliphatic rings. The normalized spacial score (nSPS) is 12.3. The molecule has 0 amide bonds. The van der Waals surface area contributed by atoms with Gasteiger partial charge in [0.25, 0.3) is 5.69 Å². The molecule has 0 aliphatic carbocycles. The number of hydrogen-bond donors (Lipinski definition) is 1. The fraction of sp³-hybridized carbons (Fsp3) is 0.308. The number of nitrogens with one attached hydrogen (secondary N) is 1. The molecule has 19 heavy (non-hydrogen) atoms. The lowest BCUT2D eigenvalue weighted by Crippen LogP contribution is -2.17. The predicted octanol–water partition coefficient (Wildman–Crippen LogP) is 3.21. The first-order valence-corrected chi connectivity index (χ1v) is 6.77. The van der Waals surface area contributed by atoms with Crippen molar-refractivity contribution in [2.45, 2.75) is 26.4 Å². The Balaban J connectivity index is 1.98. The average molecular weight is 277 g/mol. The molecule has 5 nitrogen and oxygen atoms in total. The molecule has 0 aliphatic heterocycles. The standard InChI is InChI=1S/C13H15N3O2S/c1-9-7-15-13(19-9)10(2)14-8-11-4-3-5-12(6-11)16(17)18/h3-7,10,14H,8H2,1-2H3. The molecule has 2 rings (SSSR count). The number of nitro groups is 1. The summed E-state index contributed by atoms with van der Waals surface area (Å²) in [4.78, 5) is 15.8. The number of nitrogens with zero attached hydrogens (tertiary/aromatic N) is 2. The van der Waals surface area contributed by atoms with Crippen molar-refractivity contribution in [2.24, 2.45) is 0 Å². The van der Waals surface area contributed by atoms with Crippen LogP contribution in [0.4, 0.5) is 5.69 Å². The maximum absolute atomic E-state index is 10.7. The summed E-state index contributed by atoms with van der Waals surface area (Å²) in [5.74, 6) is 0. The lowest BCUT2D eigenvalue weighted by Gasteiger charge is -2.10. The van der Waals surface area contributed by atoms with E-state index in [0.717, 1.165) is 10.6 Å². The lowest BCUT2D eigenvalue weighted by molar-refractivity contribution is -0.384. The maximum atomic E-state index is 10.7. The minimum Gasteiger partial charge on any atom is -0.304 e. The number of rotatable bonds is 5. The molecule has 1 atom stereocenters. The maximum Gasteiger partial charge on any atom is 0.269 e. The van der Waals surface area contributed by atoms with Crippen LogP contribution in [0.15, 0.2) is 30.5 Å². The third kappa shape index (κ3) is 3.59. The summed E-state index contributed by atoms with van der Waals surface area (Å²) in [6.07, 6.45) is 1.85. The van der Waals surface area contributed by atoms with Crippen LogP contribution in [0, 0.1) is 17.0 Å². The van der Waals surface area contributed by atoms with Crippen molar-refractivity contribution in [1.29, 1.82) is 0 Å². The summed E-state index contributed by atoms with van der Waals surface area (Å²) in [5.41, 5.74) is 1.02. The van der Waals surface area contributed by atoms with Gasteiger partial charge in [-0.25, -0.2) is 4.98 Å². The molecule has 6 heteroatoms. The van der Waals surface area contributed by atoms with Gasteiger partial charge in [-0.15, -0.1) is 11.3 Å². The van der Waals surface area contributed by atoms with Crippen molar-refractivity contribution in [3.63, 3.8) is 0 Å². The van der Waals surface area contributed by atoms with Crippen molar-refractivity contribution in [3.05, 3.63) is 56.0 Å². The van der Waals surface area contributed by atoms with Gasteiger partial charge in [0.2, 0.25) is 0 Å². The molecule has 1 N–H and O–H groups in total. The van der Waals surface area contributed by atoms with Crippen LogP contribution in [0.25, 0.3) is 0 Å². The first kappa shape index (κ1) is 13.6. The molecule has 100 valence electrons. The fourth-order valence-corrected chi connectivity index (χ4v) is 2.51. The number of hydrogen-bond acceptors (Lipinski definition) is 5. The van der Waals surface area contributed by atoms with Gasteiger partial charge in [-0.2, -0.15) is 0 Å². The van der Waals surface area contributed by atoms with Crippen LogP contribution in [-0.4, -0.2) is 9.91 Å². The Morgan fingerprint density at radius 1 is 1.53 bits per heavy atom. The molecule has 1 unspecified atom stereocenters. The van der Waals surface area contributed by atoms with Gasteiger partial charge in [0.05, 0.1) is 11.0 Å². The molecule has 1 aromatic heterocycles. The smallest absolute Gasteiger partial charge is 0.269 e. The average Bonchev–Trinajstić information content (AvgIpc) is 2.83. The van der Waals surface area contributed by atoms with Gasteiger partial charge in [0.15, 0.2) is 0 Å². The van der Waals surface area contributed by atoms with Crippen molar-refractivity contribution in [1.82, 2.24) is 10.3 Å². The minimum absolute atomic E-state index is 0.122. The Kier molecular flexibility index (Phi) is 4.24. The molecule has 0 saturated carbocycles. The van der Waals surface area contributed by atoms with E-state index < -0.39 is 0 Å². The van der Waals surface area contributed by atoms with Crippen LogP contribution in [-0.2, 0) is 6.54 Å². The van der Waals surface area contributed by atoms with Gasteiger partial charge in [-0.1, -0.05) is 12.1 Å². The quantitative estimate of drug-likeness (QED) is 0.673. The first-order chi connectivity index (χ1) is 9.06. The van der Waals surface area contributed by atoms with Gasteiger partial charge < -0.3 is 5.32 Å². The van der Waals surface area contributed by atoms with Crippen LogP contribution in [0.2, 0.25) is 0 Å². The van der Waals surface area contributed by atoms with Crippen LogP contribution >= 0.6 is 11.3 Å². The monoisotopic (exact) mass is 277 g/mol. The van der Waals surface area contributed by atoms with Gasteiger partial charge in [0, 0.05) is 29.8 Å². The highest BCUT2D eigenvalue weighted by molar-refractivity contribution is 7.11. The van der Waals surface area contributed by atoms with Crippen molar-refractivity contribution >= 4 is 17.0 Å². The minimum atomic E-state index is -0.378. The zero-order valence-electron chi connectivity index (χ0n) is 10.8. The Morgan fingerprint density at radius 2 is 2.32 bits per heavy atom. The van der Waals surface area contributed by atoms with Crippen LogP contribution in [0.1, 0.15) is 28.4 Å². The number of aromatic nitrogens is 1. The molecule has 1 aromatic carbocycles. The van der Waals surface area contributed by atoms with Gasteiger partial charge >= 0.3 is 0 Å². The van der Waals surface area contributed by atoms with E-state index in [4.69, 9.17) is 0 Å². The first-order valence-electron chi connectivity index (χ1n) is 5.95. The molecule has 0 spiro atoms. The Hall–Kier alpha value is -1.79. The molecule has 2 aromatic rings. The number of benzene rings is 1. The topological polar surface area (TPSA) is 68.1 Å². The summed E-state index contributed by atoms with van der Waals surface area (Å²) in [6.45, 7) is 4.64. The van der Waals surface area contributed by atoms with Crippen LogP contribution in [0.5, 0.6) is 0 Å². The zero-order chi connectivity index (χ0) is 13.8. The molecule has 0 bridgehead atoms. The van der Waals surface area contributed by atoms with Gasteiger partial charge in [0.1, 0.15) is 5.01 Å². The SMILES string of the molecule is Cc1cnc(C(C)NCc2cccc([N+](=O)[O-])c2)s1. The number of nitro benzene ring substituents is 1. The second kappa shape index (κ2) is 5.90. The number of aryl methyl sites for hydroxylation is 1. The van der Waals surface area contributed by atoms with Crippen LogP contribution in [0.3, 0.4) is 0 Å². The van der Waals surface area contributed by atoms with E-state index in [2.05, 4.69) is 10.3 Å². The molecule has 0 saturated heterocycles. The highest BCUT2D eigenvalue weighted by Crippen LogP contribution is 2.20. The molecule has 1 heterocycles. The molecular formula is C13H15N3O2S. The van der Waals surface area contributed by atoms with Crippen molar-refractivity contribution < 1.29 is 4.92 Å². The highest BCUT2D eigenvalue weighted by Gasteiger charge is 2.10. The Morgan fingerprint density at radius 3 is 2.95 bits per heavy atom. The second-order valence-electron chi connectivity index (χ2n) is 4.34. The largest absolute Gasteiger partial charge is 0.304 e. The van der Waals surface area contributed by atoms with E-state index in [9.17, 15) is 10.1 Å². The Labute approximate surface area is 115 Å². The lowest BCUT2D eigenvalue weighted by atomic mass is 10.2. The van der Waals surface area contributed by atoms with Crippen molar-refractivity contribution in [2.75, 3.05) is 0 Å². The zero-order valence-corrected chi connectivity index (χ0v) is 11.6. The third-order valence-corrected chi connectivity index (χ3v) is 3.84. The summed E-state index contributed by atoms with van der Waals surface area (Å²) < 4.78 is 0. The van der Waals surface area contributed by atoms with Gasteiger partial charge in [-0.05, 0) is 19.4 Å².